The minimum Gasteiger partial charge on any atom is -0.454 e. The third kappa shape index (κ3) is 3.60. The maximum atomic E-state index is 6.93. The normalized spacial score (nSPS) is 13.2. The van der Waals surface area contributed by atoms with Crippen molar-refractivity contribution >= 4 is 116 Å². The lowest BCUT2D eigenvalue weighted by Crippen LogP contribution is -2.54. The number of hydrogen-bond acceptors (Lipinski definition) is 4. The van der Waals surface area contributed by atoms with Gasteiger partial charge in [0.05, 0.1) is 11.4 Å². The van der Waals surface area contributed by atoms with Crippen molar-refractivity contribution in [1.29, 1.82) is 0 Å². The highest BCUT2D eigenvalue weighted by Crippen LogP contribution is 2.50. The molecule has 5 heterocycles. The molecule has 0 bridgehead atoms. The van der Waals surface area contributed by atoms with E-state index in [2.05, 4.69) is 157 Å². The molecule has 0 radical (unpaired) electrons. The topological polar surface area (TPSA) is 29.5 Å². The molecule has 0 N–H and O–H groups in total. The Hall–Kier alpha value is -6.56. The fourth-order valence-electron chi connectivity index (χ4n) is 9.52. The summed E-state index contributed by atoms with van der Waals surface area (Å²) in [7, 11) is 0. The zero-order valence-electron chi connectivity index (χ0n) is 28.3. The summed E-state index contributed by atoms with van der Waals surface area (Å²) in [5.41, 5.74) is 15.7. The van der Waals surface area contributed by atoms with Gasteiger partial charge in [-0.2, -0.15) is 0 Å². The van der Waals surface area contributed by atoms with Crippen LogP contribution in [0.4, 0.5) is 17.1 Å². The average Bonchev–Trinajstić information content (AvgIpc) is 3.97. The average molecular weight is 692 g/mol. The summed E-state index contributed by atoms with van der Waals surface area (Å²) in [6.07, 6.45) is 0. The molecule has 0 spiro atoms. The van der Waals surface area contributed by atoms with Crippen molar-refractivity contribution in [1.82, 2.24) is 0 Å². The van der Waals surface area contributed by atoms with E-state index in [9.17, 15) is 0 Å². The molecule has 2 aliphatic rings. The van der Waals surface area contributed by atoms with Crippen LogP contribution in [0.15, 0.2) is 167 Å². The molecule has 0 saturated heterocycles. The van der Waals surface area contributed by atoms with Gasteiger partial charge in [-0.05, 0) is 75.6 Å². The van der Waals surface area contributed by atoms with E-state index >= 15 is 0 Å². The van der Waals surface area contributed by atoms with Crippen molar-refractivity contribution in [2.75, 3.05) is 4.90 Å². The third-order valence-electron chi connectivity index (χ3n) is 11.7. The molecule has 0 saturated carbocycles. The van der Waals surface area contributed by atoms with Crippen LogP contribution in [0.1, 0.15) is 0 Å². The second-order valence-electron chi connectivity index (χ2n) is 14.3. The molecule has 0 fully saturated rings. The summed E-state index contributed by atoms with van der Waals surface area (Å²) in [4.78, 5) is 2.46. The number of rotatable bonds is 2. The first-order valence-corrected chi connectivity index (χ1v) is 18.9. The van der Waals surface area contributed by atoms with Gasteiger partial charge >= 0.3 is 0 Å². The van der Waals surface area contributed by atoms with Crippen LogP contribution in [-0.4, -0.2) is 6.71 Å². The first-order valence-electron chi connectivity index (χ1n) is 18.1. The number of para-hydroxylation sites is 3. The van der Waals surface area contributed by atoms with E-state index in [1.54, 1.807) is 0 Å². The molecule has 3 nitrogen and oxygen atoms in total. The van der Waals surface area contributed by atoms with E-state index in [4.69, 9.17) is 8.83 Å². The van der Waals surface area contributed by atoms with Gasteiger partial charge in [0.2, 0.25) is 6.71 Å². The van der Waals surface area contributed by atoms with Crippen molar-refractivity contribution in [2.24, 2.45) is 0 Å². The number of thiophene rings is 1. The standard InChI is InChI=1S/C48H26BNO2S/c1-5-17-36-29(11-1)35-25-27(28-15-10-22-43-44(28)34-14-4-8-21-42(34)53-43)26-39-45(35)49(36)37-24-23-33-31-13-3-7-20-41(31)52-48(33)46(37)50(39)38-18-9-16-32-30-12-2-6-19-40(30)51-47(32)38/h1-26H. The van der Waals surface area contributed by atoms with E-state index < -0.39 is 0 Å². The summed E-state index contributed by atoms with van der Waals surface area (Å²) in [5, 5.41) is 7.06. The second-order valence-corrected chi connectivity index (χ2v) is 15.4. The number of fused-ring (bicyclic) bond motifs is 15. The Morgan fingerprint density at radius 3 is 1.98 bits per heavy atom. The lowest BCUT2D eigenvalue weighted by atomic mass is 9.37. The maximum Gasteiger partial charge on any atom is 0.248 e. The molecule has 53 heavy (non-hydrogen) atoms. The van der Waals surface area contributed by atoms with Crippen LogP contribution in [0.2, 0.25) is 0 Å². The number of hydrogen-bond donors (Lipinski definition) is 0. The SMILES string of the molecule is c1ccc2c(c1)B1c3ccc4c(oc5ccccc54)c3N(c3cccc4c3oc3ccccc34)c3cc(-c4cccc5sc6ccccc6c45)cc-2c31. The zero-order chi connectivity index (χ0) is 34.4. The van der Waals surface area contributed by atoms with Gasteiger partial charge < -0.3 is 13.7 Å². The molecule has 244 valence electrons. The monoisotopic (exact) mass is 691 g/mol. The van der Waals surface area contributed by atoms with E-state index in [-0.39, 0.29) is 6.71 Å². The highest BCUT2D eigenvalue weighted by molar-refractivity contribution is 7.26. The molecule has 3 aromatic heterocycles. The van der Waals surface area contributed by atoms with Crippen molar-refractivity contribution in [2.45, 2.75) is 0 Å². The molecular formula is C48H26BNO2S. The van der Waals surface area contributed by atoms with Gasteiger partial charge in [-0.1, -0.05) is 121 Å². The zero-order valence-corrected chi connectivity index (χ0v) is 29.1. The van der Waals surface area contributed by atoms with Crippen molar-refractivity contribution in [3.63, 3.8) is 0 Å². The lowest BCUT2D eigenvalue weighted by molar-refractivity contribution is 0.666. The summed E-state index contributed by atoms with van der Waals surface area (Å²) < 4.78 is 16.3. The number of benzene rings is 8. The van der Waals surface area contributed by atoms with Crippen molar-refractivity contribution < 1.29 is 8.83 Å². The predicted molar refractivity (Wildman–Crippen MR) is 224 cm³/mol. The summed E-state index contributed by atoms with van der Waals surface area (Å²) in [5.74, 6) is 0. The van der Waals surface area contributed by atoms with Crippen LogP contribution >= 0.6 is 11.3 Å². The fraction of sp³-hybridized carbons (Fsp3) is 0. The highest BCUT2D eigenvalue weighted by atomic mass is 32.1. The molecule has 0 unspecified atom stereocenters. The first kappa shape index (κ1) is 28.1. The van der Waals surface area contributed by atoms with Crippen molar-refractivity contribution in [3.8, 4) is 22.3 Å². The maximum absolute atomic E-state index is 6.93. The second kappa shape index (κ2) is 10.1. The van der Waals surface area contributed by atoms with Crippen LogP contribution in [0.25, 0.3) is 86.3 Å². The summed E-state index contributed by atoms with van der Waals surface area (Å²) in [6, 6.07) is 57.4. The number of furan rings is 2. The molecule has 11 aromatic rings. The molecule has 0 aliphatic carbocycles. The van der Waals surface area contributed by atoms with Gasteiger partial charge in [0.15, 0.2) is 11.2 Å². The third-order valence-corrected chi connectivity index (χ3v) is 12.8. The molecule has 0 amide bonds. The first-order chi connectivity index (χ1) is 26.3. The molecule has 2 aliphatic heterocycles. The fourth-order valence-corrected chi connectivity index (χ4v) is 10.7. The van der Waals surface area contributed by atoms with Crippen LogP contribution in [0.3, 0.4) is 0 Å². The van der Waals surface area contributed by atoms with E-state index in [0.717, 1.165) is 60.9 Å². The van der Waals surface area contributed by atoms with Crippen LogP contribution < -0.4 is 21.3 Å². The Morgan fingerprint density at radius 1 is 0.453 bits per heavy atom. The van der Waals surface area contributed by atoms with Gasteiger partial charge in [0, 0.05) is 47.4 Å². The Labute approximate surface area is 308 Å². The van der Waals surface area contributed by atoms with Crippen LogP contribution in [-0.2, 0) is 0 Å². The summed E-state index contributed by atoms with van der Waals surface area (Å²) >= 11 is 1.87. The Morgan fingerprint density at radius 2 is 1.11 bits per heavy atom. The molecule has 13 rings (SSSR count). The van der Waals surface area contributed by atoms with Gasteiger partial charge in [-0.3, -0.25) is 0 Å². The van der Waals surface area contributed by atoms with E-state index in [1.807, 2.05) is 17.4 Å². The smallest absolute Gasteiger partial charge is 0.248 e. The number of anilines is 3. The highest BCUT2D eigenvalue weighted by Gasteiger charge is 2.44. The predicted octanol–water partition coefficient (Wildman–Crippen LogP) is 11.8. The quantitative estimate of drug-likeness (QED) is 0.169. The van der Waals surface area contributed by atoms with E-state index in [0.29, 0.717) is 0 Å². The van der Waals surface area contributed by atoms with Gasteiger partial charge in [-0.25, -0.2) is 0 Å². The lowest BCUT2D eigenvalue weighted by Gasteiger charge is -2.36. The molecular weight excluding hydrogens is 665 g/mol. The van der Waals surface area contributed by atoms with Crippen LogP contribution in [0.5, 0.6) is 0 Å². The summed E-state index contributed by atoms with van der Waals surface area (Å²) in [6.45, 7) is 0.0572. The Bertz CT molecular complexity index is 3390. The largest absolute Gasteiger partial charge is 0.454 e. The van der Waals surface area contributed by atoms with Crippen LogP contribution in [0, 0.1) is 0 Å². The Balaban J connectivity index is 1.21. The van der Waals surface area contributed by atoms with E-state index in [1.165, 1.54) is 58.8 Å². The van der Waals surface area contributed by atoms with Crippen molar-refractivity contribution in [3.05, 3.63) is 158 Å². The molecule has 5 heteroatoms. The van der Waals surface area contributed by atoms with Gasteiger partial charge in [0.25, 0.3) is 0 Å². The molecule has 0 atom stereocenters. The minimum atomic E-state index is 0.0572. The number of nitrogens with zero attached hydrogens (tertiary/aromatic N) is 1. The van der Waals surface area contributed by atoms with Gasteiger partial charge in [0.1, 0.15) is 11.2 Å². The molecule has 8 aromatic carbocycles. The minimum absolute atomic E-state index is 0.0572. The van der Waals surface area contributed by atoms with Gasteiger partial charge in [-0.15, -0.1) is 11.3 Å². The Kier molecular flexibility index (Phi) is 5.33.